The van der Waals surface area contributed by atoms with Gasteiger partial charge in [0.25, 0.3) is 5.08 Å². The summed E-state index contributed by atoms with van der Waals surface area (Å²) < 4.78 is 22.4. The zero-order valence-corrected chi connectivity index (χ0v) is 13.8. The first-order valence-electron chi connectivity index (χ1n) is 6.39. The molecule has 0 aliphatic heterocycles. The summed E-state index contributed by atoms with van der Waals surface area (Å²) in [5.74, 6) is 0. The fourth-order valence-corrected chi connectivity index (χ4v) is 3.91. The highest BCUT2D eigenvalue weighted by molar-refractivity contribution is 7.72. The lowest BCUT2D eigenvalue weighted by Gasteiger charge is -2.30. The van der Waals surface area contributed by atoms with Crippen LogP contribution in [0.25, 0.3) is 0 Å². The molecule has 0 aromatic carbocycles. The van der Waals surface area contributed by atoms with Crippen molar-refractivity contribution in [2.75, 3.05) is 20.1 Å². The second-order valence-electron chi connectivity index (χ2n) is 4.99. The first kappa shape index (κ1) is 19.4. The Morgan fingerprint density at radius 1 is 1.14 bits per heavy atom. The van der Waals surface area contributed by atoms with Gasteiger partial charge in [-0.25, -0.2) is 0 Å². The summed E-state index contributed by atoms with van der Waals surface area (Å²) in [5.41, 5.74) is 0.814. The molecule has 126 valence electrons. The predicted molar refractivity (Wildman–Crippen MR) is 79.1 cm³/mol. The van der Waals surface area contributed by atoms with E-state index in [0.717, 1.165) is 5.69 Å². The average Bonchev–Trinajstić information content (AvgIpc) is 2.41. The van der Waals surface area contributed by atoms with Crippen LogP contribution < -0.4 is 0 Å². The van der Waals surface area contributed by atoms with Crippen LogP contribution in [0.5, 0.6) is 0 Å². The highest BCUT2D eigenvalue weighted by Gasteiger charge is 2.58. The van der Waals surface area contributed by atoms with Crippen LogP contribution in [-0.4, -0.2) is 59.8 Å². The second kappa shape index (κ2) is 7.29. The topological polar surface area (TPSA) is 151 Å². The molecule has 1 aromatic heterocycles. The number of hydrogen-bond donors (Lipinski definition) is 5. The van der Waals surface area contributed by atoms with Gasteiger partial charge >= 0.3 is 15.2 Å². The van der Waals surface area contributed by atoms with Gasteiger partial charge < -0.3 is 29.6 Å². The van der Waals surface area contributed by atoms with Gasteiger partial charge in [-0.15, -0.1) is 0 Å². The van der Waals surface area contributed by atoms with Crippen molar-refractivity contribution in [1.29, 1.82) is 0 Å². The van der Waals surface area contributed by atoms with Gasteiger partial charge in [-0.1, -0.05) is 6.07 Å². The Hall–Kier alpha value is -0.630. The maximum absolute atomic E-state index is 11.2. The monoisotopic (exact) mass is 354 g/mol. The minimum Gasteiger partial charge on any atom is -0.367 e. The van der Waals surface area contributed by atoms with Gasteiger partial charge in [0.2, 0.25) is 0 Å². The lowest BCUT2D eigenvalue weighted by atomic mass is 10.2. The lowest BCUT2D eigenvalue weighted by Crippen LogP contribution is -2.34. The summed E-state index contributed by atoms with van der Waals surface area (Å²) >= 11 is 0. The largest absolute Gasteiger partial charge is 0.369 e. The third-order valence-corrected chi connectivity index (χ3v) is 7.11. The molecule has 0 amide bonds. The molecule has 9 nitrogen and oxygen atoms in total. The van der Waals surface area contributed by atoms with Crippen LogP contribution in [0.15, 0.2) is 24.4 Å². The molecule has 1 heterocycles. The van der Waals surface area contributed by atoms with E-state index in [9.17, 15) is 14.2 Å². The quantitative estimate of drug-likeness (QED) is 0.405. The number of aliphatic hydroxyl groups is 1. The maximum atomic E-state index is 11.2. The van der Waals surface area contributed by atoms with Crippen molar-refractivity contribution in [3.63, 3.8) is 0 Å². The Bertz CT molecular complexity index is 549. The Morgan fingerprint density at radius 2 is 1.73 bits per heavy atom. The van der Waals surface area contributed by atoms with Crippen molar-refractivity contribution in [2.24, 2.45) is 0 Å². The standard InChI is InChI=1S/C11H20N2O7P2/c1-13(8-5-10-4-2-3-7-12-10)9-6-11(14,21(15,16)17)22(18,19)20/h2-4,7,14H,5-6,8-9H2,1H3,(H2,15,16,17)(H2,18,19,20). The molecule has 0 bridgehead atoms. The molecule has 0 fully saturated rings. The molecule has 11 heteroatoms. The van der Waals surface area contributed by atoms with E-state index in [-0.39, 0.29) is 6.54 Å². The summed E-state index contributed by atoms with van der Waals surface area (Å²) in [6, 6.07) is 5.41. The molecule has 0 radical (unpaired) electrons. The minimum atomic E-state index is -5.39. The van der Waals surface area contributed by atoms with Crippen molar-refractivity contribution in [3.05, 3.63) is 30.1 Å². The van der Waals surface area contributed by atoms with E-state index in [0.29, 0.717) is 13.0 Å². The van der Waals surface area contributed by atoms with Crippen molar-refractivity contribution in [3.8, 4) is 0 Å². The van der Waals surface area contributed by atoms with E-state index >= 15 is 0 Å². The summed E-state index contributed by atoms with van der Waals surface area (Å²) in [5, 5.41) is 6.39. The Balaban J connectivity index is 2.62. The van der Waals surface area contributed by atoms with E-state index in [4.69, 9.17) is 19.6 Å². The first-order valence-corrected chi connectivity index (χ1v) is 9.62. The van der Waals surface area contributed by atoms with Crippen LogP contribution in [0.3, 0.4) is 0 Å². The average molecular weight is 354 g/mol. The SMILES string of the molecule is CN(CCc1ccccn1)CCC(O)(P(=O)(O)O)P(=O)(O)O. The molecule has 1 rings (SSSR count). The molecule has 0 aliphatic rings. The molecular weight excluding hydrogens is 334 g/mol. The Kier molecular flexibility index (Phi) is 6.44. The van der Waals surface area contributed by atoms with Gasteiger partial charge in [0, 0.05) is 37.8 Å². The summed E-state index contributed by atoms with van der Waals surface area (Å²) in [4.78, 5) is 41.8. The fraction of sp³-hybridized carbons (Fsp3) is 0.545. The molecule has 0 saturated carbocycles. The van der Waals surface area contributed by atoms with E-state index in [1.807, 2.05) is 12.1 Å². The van der Waals surface area contributed by atoms with Gasteiger partial charge in [0.15, 0.2) is 0 Å². The van der Waals surface area contributed by atoms with E-state index in [1.54, 1.807) is 24.2 Å². The van der Waals surface area contributed by atoms with Crippen LogP contribution in [0, 0.1) is 0 Å². The van der Waals surface area contributed by atoms with Gasteiger partial charge in [0.05, 0.1) is 0 Å². The minimum absolute atomic E-state index is 0.0977. The highest BCUT2D eigenvalue weighted by atomic mass is 31.2. The first-order chi connectivity index (χ1) is 9.97. The molecule has 0 atom stereocenters. The van der Waals surface area contributed by atoms with Crippen LogP contribution in [0.1, 0.15) is 12.1 Å². The van der Waals surface area contributed by atoms with E-state index in [2.05, 4.69) is 4.98 Å². The van der Waals surface area contributed by atoms with E-state index in [1.165, 1.54) is 0 Å². The Morgan fingerprint density at radius 3 is 2.18 bits per heavy atom. The number of pyridine rings is 1. The normalized spacial score (nSPS) is 13.6. The number of rotatable bonds is 8. The maximum Gasteiger partial charge on any atom is 0.369 e. The number of likely N-dealkylation sites (N-methyl/N-ethyl adjacent to an activating group) is 1. The third kappa shape index (κ3) is 4.94. The molecule has 0 aliphatic carbocycles. The van der Waals surface area contributed by atoms with Crippen molar-refractivity contribution < 1.29 is 33.8 Å². The Labute approximate surface area is 127 Å². The summed E-state index contributed by atoms with van der Waals surface area (Å²) in [7, 11) is -9.16. The van der Waals surface area contributed by atoms with Crippen LogP contribution in [-0.2, 0) is 15.6 Å². The number of nitrogens with zero attached hydrogens (tertiary/aromatic N) is 2. The van der Waals surface area contributed by atoms with Crippen LogP contribution in [0.2, 0.25) is 0 Å². The third-order valence-electron chi connectivity index (χ3n) is 3.24. The molecular formula is C11H20N2O7P2. The van der Waals surface area contributed by atoms with Crippen molar-refractivity contribution >= 4 is 15.2 Å². The van der Waals surface area contributed by atoms with Gasteiger partial charge in [-0.3, -0.25) is 14.1 Å². The molecule has 1 aromatic rings. The van der Waals surface area contributed by atoms with Crippen molar-refractivity contribution in [1.82, 2.24) is 9.88 Å². The van der Waals surface area contributed by atoms with Crippen LogP contribution in [0.4, 0.5) is 0 Å². The zero-order valence-electron chi connectivity index (χ0n) is 12.0. The molecule has 22 heavy (non-hydrogen) atoms. The molecule has 5 N–H and O–H groups in total. The summed E-state index contributed by atoms with van der Waals surface area (Å²) in [6.07, 6.45) is 1.44. The molecule has 0 saturated heterocycles. The molecule has 0 unspecified atom stereocenters. The van der Waals surface area contributed by atoms with E-state index < -0.39 is 26.7 Å². The smallest absolute Gasteiger partial charge is 0.367 e. The summed E-state index contributed by atoms with van der Waals surface area (Å²) in [6.45, 7) is 0.356. The van der Waals surface area contributed by atoms with Crippen molar-refractivity contribution in [2.45, 2.75) is 17.9 Å². The zero-order chi connectivity index (χ0) is 17.0. The highest BCUT2D eigenvalue weighted by Crippen LogP contribution is 2.68. The lowest BCUT2D eigenvalue weighted by molar-refractivity contribution is 0.112. The van der Waals surface area contributed by atoms with Crippen LogP contribution >= 0.6 is 15.2 Å². The van der Waals surface area contributed by atoms with Gasteiger partial charge in [0.1, 0.15) is 0 Å². The predicted octanol–water partition coefficient (Wildman–Crippen LogP) is -0.0525. The molecule has 0 spiro atoms. The number of hydrogen-bond acceptors (Lipinski definition) is 5. The number of aromatic nitrogens is 1. The van der Waals surface area contributed by atoms with Gasteiger partial charge in [-0.2, -0.15) is 0 Å². The second-order valence-corrected chi connectivity index (χ2v) is 9.00. The fourth-order valence-electron chi connectivity index (χ4n) is 1.77. The van der Waals surface area contributed by atoms with Gasteiger partial charge in [-0.05, 0) is 19.2 Å².